The molecule has 4 heteroatoms. The van der Waals surface area contributed by atoms with E-state index in [-0.39, 0.29) is 0 Å². The molecule has 1 aliphatic rings. The molecule has 0 amide bonds. The first-order valence-corrected chi connectivity index (χ1v) is 8.18. The minimum absolute atomic E-state index is 0.573. The van der Waals surface area contributed by atoms with Crippen LogP contribution >= 0.6 is 18.7 Å². The summed E-state index contributed by atoms with van der Waals surface area (Å²) < 4.78 is 19.7. The summed E-state index contributed by atoms with van der Waals surface area (Å²) in [5.41, 5.74) is 1.17. The van der Waals surface area contributed by atoms with E-state index in [1.165, 1.54) is 16.9 Å². The Morgan fingerprint density at radius 3 is 2.88 bits per heavy atom. The molecule has 0 fully saturated rings. The van der Waals surface area contributed by atoms with Crippen molar-refractivity contribution >= 4 is 28.6 Å². The van der Waals surface area contributed by atoms with Gasteiger partial charge in [-0.25, -0.2) is 0 Å². The molecule has 17 heavy (non-hydrogen) atoms. The summed E-state index contributed by atoms with van der Waals surface area (Å²) >= 11 is 1.51. The van der Waals surface area contributed by atoms with Gasteiger partial charge in [-0.05, 0) is 35.9 Å². The van der Waals surface area contributed by atoms with Crippen molar-refractivity contribution in [3.63, 3.8) is 0 Å². The molecule has 1 aromatic heterocycles. The highest BCUT2D eigenvalue weighted by Gasteiger charge is 2.33. The van der Waals surface area contributed by atoms with Crippen molar-refractivity contribution in [2.24, 2.45) is 0 Å². The smallest absolute Gasteiger partial charge is 0.271 e. The van der Waals surface area contributed by atoms with E-state index in [0.29, 0.717) is 6.61 Å². The van der Waals surface area contributed by atoms with Crippen LogP contribution in [0.4, 0.5) is 0 Å². The molecular weight excluding hydrogens is 251 g/mol. The van der Waals surface area contributed by atoms with Crippen LogP contribution in [0.2, 0.25) is 0 Å². The molecule has 1 aliphatic heterocycles. The van der Waals surface area contributed by atoms with Gasteiger partial charge in [0.15, 0.2) is 0 Å². The molecular formula is C13H13O2PS. The molecule has 88 valence electrons. The average molecular weight is 264 g/mol. The van der Waals surface area contributed by atoms with Crippen molar-refractivity contribution in [3.05, 3.63) is 47.3 Å². The molecule has 0 radical (unpaired) electrons. The van der Waals surface area contributed by atoms with Crippen LogP contribution in [0.5, 0.6) is 0 Å². The third-order valence-electron chi connectivity index (χ3n) is 2.97. The Morgan fingerprint density at radius 2 is 2.06 bits per heavy atom. The van der Waals surface area contributed by atoms with Gasteiger partial charge in [-0.3, -0.25) is 4.57 Å². The highest BCUT2D eigenvalue weighted by atomic mass is 32.1. The fourth-order valence-corrected chi connectivity index (χ4v) is 5.82. The lowest BCUT2D eigenvalue weighted by Crippen LogP contribution is -2.17. The summed E-state index contributed by atoms with van der Waals surface area (Å²) in [5.74, 6) is 0. The summed E-state index contributed by atoms with van der Waals surface area (Å²) in [4.78, 5) is 0. The molecule has 1 aromatic carbocycles. The first-order valence-electron chi connectivity index (χ1n) is 5.68. The van der Waals surface area contributed by atoms with E-state index in [9.17, 15) is 4.57 Å². The minimum Gasteiger partial charge on any atom is -0.322 e. The summed E-state index contributed by atoms with van der Waals surface area (Å²) in [6.07, 6.45) is 1.89. The third-order valence-corrected chi connectivity index (χ3v) is 7.02. The van der Waals surface area contributed by atoms with Crippen LogP contribution in [0.3, 0.4) is 0 Å². The highest BCUT2D eigenvalue weighted by molar-refractivity contribution is 7.79. The van der Waals surface area contributed by atoms with Crippen LogP contribution in [-0.2, 0) is 15.5 Å². The molecule has 0 saturated carbocycles. The average Bonchev–Trinajstić information content (AvgIpc) is 2.84. The number of thiophene rings is 1. The zero-order valence-corrected chi connectivity index (χ0v) is 11.0. The number of hydrogen-bond acceptors (Lipinski definition) is 3. The highest BCUT2D eigenvalue weighted by Crippen LogP contribution is 2.48. The Morgan fingerprint density at radius 1 is 1.18 bits per heavy atom. The summed E-state index contributed by atoms with van der Waals surface area (Å²) in [5, 5.41) is 2.84. The zero-order chi connectivity index (χ0) is 11.7. The van der Waals surface area contributed by atoms with Crippen LogP contribution in [0.1, 0.15) is 12.0 Å². The van der Waals surface area contributed by atoms with Crippen molar-refractivity contribution in [2.75, 3.05) is 6.61 Å². The molecule has 3 rings (SSSR count). The molecule has 2 heterocycles. The van der Waals surface area contributed by atoms with Crippen LogP contribution in [0.15, 0.2) is 41.8 Å². The molecule has 0 bridgehead atoms. The molecule has 0 spiro atoms. The van der Waals surface area contributed by atoms with Gasteiger partial charge in [0, 0.05) is 5.30 Å². The monoisotopic (exact) mass is 264 g/mol. The van der Waals surface area contributed by atoms with E-state index >= 15 is 0 Å². The molecule has 1 atom stereocenters. The van der Waals surface area contributed by atoms with Gasteiger partial charge in [0.1, 0.15) is 0 Å². The van der Waals surface area contributed by atoms with Gasteiger partial charge in [0.25, 0.3) is 7.37 Å². The lowest BCUT2D eigenvalue weighted by molar-refractivity contribution is 0.324. The van der Waals surface area contributed by atoms with Gasteiger partial charge in [-0.1, -0.05) is 24.3 Å². The fourth-order valence-electron chi connectivity index (χ4n) is 2.15. The standard InChI is InChI=1S/C13H13O2PS/c14-16(13-8-4-10-17-13)12-7-2-1-5-11(12)6-3-9-15-16/h1-2,4-5,7-8,10H,3,6,9H2/t16-/m0/s1. The predicted octanol–water partition coefficient (Wildman–Crippen LogP) is 2.94. The third kappa shape index (κ3) is 1.89. The van der Waals surface area contributed by atoms with E-state index in [1.807, 2.05) is 35.7 Å². The Balaban J connectivity index is 2.21. The van der Waals surface area contributed by atoms with E-state index in [4.69, 9.17) is 4.52 Å². The van der Waals surface area contributed by atoms with Crippen molar-refractivity contribution < 1.29 is 9.09 Å². The second kappa shape index (κ2) is 4.41. The zero-order valence-electron chi connectivity index (χ0n) is 9.33. The SMILES string of the molecule is O=[P@]1(c2cccs2)OCCCc2ccccc21. The lowest BCUT2D eigenvalue weighted by atomic mass is 10.1. The van der Waals surface area contributed by atoms with Gasteiger partial charge in [0.2, 0.25) is 0 Å². The summed E-state index contributed by atoms with van der Waals surface area (Å²) in [7, 11) is -2.83. The number of benzene rings is 1. The maximum absolute atomic E-state index is 13.1. The van der Waals surface area contributed by atoms with Crippen LogP contribution in [0.25, 0.3) is 0 Å². The van der Waals surface area contributed by atoms with Crippen molar-refractivity contribution in [3.8, 4) is 0 Å². The molecule has 2 nitrogen and oxygen atoms in total. The van der Waals surface area contributed by atoms with Crippen LogP contribution < -0.4 is 9.92 Å². The molecule has 0 unspecified atom stereocenters. The molecule has 2 aromatic rings. The number of fused-ring (bicyclic) bond motifs is 1. The van der Waals surface area contributed by atoms with E-state index in [2.05, 4.69) is 6.07 Å². The van der Waals surface area contributed by atoms with Gasteiger partial charge in [-0.15, -0.1) is 11.3 Å². The topological polar surface area (TPSA) is 26.3 Å². The van der Waals surface area contributed by atoms with Crippen molar-refractivity contribution in [1.82, 2.24) is 0 Å². The molecule has 0 saturated heterocycles. The van der Waals surface area contributed by atoms with Gasteiger partial charge >= 0.3 is 0 Å². The Kier molecular flexibility index (Phi) is 2.91. The number of rotatable bonds is 1. The predicted molar refractivity (Wildman–Crippen MR) is 71.9 cm³/mol. The number of hydrogen-bond donors (Lipinski definition) is 0. The largest absolute Gasteiger partial charge is 0.322 e. The lowest BCUT2D eigenvalue weighted by Gasteiger charge is -2.16. The van der Waals surface area contributed by atoms with E-state index in [0.717, 1.165) is 22.8 Å². The maximum Gasteiger partial charge on any atom is 0.271 e. The van der Waals surface area contributed by atoms with Gasteiger partial charge in [0.05, 0.1) is 11.2 Å². The maximum atomic E-state index is 13.1. The van der Waals surface area contributed by atoms with E-state index in [1.54, 1.807) is 0 Å². The Bertz CT molecular complexity index is 563. The van der Waals surface area contributed by atoms with Crippen LogP contribution in [-0.4, -0.2) is 6.61 Å². The van der Waals surface area contributed by atoms with E-state index < -0.39 is 7.37 Å². The van der Waals surface area contributed by atoms with Crippen molar-refractivity contribution in [1.29, 1.82) is 0 Å². The first-order chi connectivity index (χ1) is 8.31. The van der Waals surface area contributed by atoms with Gasteiger partial charge < -0.3 is 4.52 Å². The second-order valence-corrected chi connectivity index (χ2v) is 7.64. The van der Waals surface area contributed by atoms with Gasteiger partial charge in [-0.2, -0.15) is 0 Å². The second-order valence-electron chi connectivity index (χ2n) is 4.07. The summed E-state index contributed by atoms with van der Waals surface area (Å²) in [6.45, 7) is 0.573. The minimum atomic E-state index is -2.83. The fraction of sp³-hybridized carbons (Fsp3) is 0.231. The summed E-state index contributed by atoms with van der Waals surface area (Å²) in [6, 6.07) is 11.8. The van der Waals surface area contributed by atoms with Crippen LogP contribution in [0, 0.1) is 0 Å². The first kappa shape index (κ1) is 11.2. The number of aryl methyl sites for hydroxylation is 1. The van der Waals surface area contributed by atoms with Crippen molar-refractivity contribution in [2.45, 2.75) is 12.8 Å². The Labute approximate surface area is 105 Å². The quantitative estimate of drug-likeness (QED) is 0.740. The molecule has 0 N–H and O–H groups in total. The molecule has 0 aliphatic carbocycles. The normalized spacial score (nSPS) is 24.0. The Hall–Kier alpha value is -0.890.